The van der Waals surface area contributed by atoms with Gasteiger partial charge in [-0.05, 0) is 6.92 Å². The van der Waals surface area contributed by atoms with Gasteiger partial charge in [0.1, 0.15) is 0 Å². The van der Waals surface area contributed by atoms with E-state index in [1.54, 1.807) is 6.92 Å². The topological polar surface area (TPSA) is 26.3 Å². The molecule has 0 aromatic rings. The Bertz CT molecular complexity index is 206. The lowest BCUT2D eigenvalue weighted by Crippen LogP contribution is -2.05. The van der Waals surface area contributed by atoms with Crippen molar-refractivity contribution in [1.29, 1.82) is 0 Å². The zero-order chi connectivity index (χ0) is 8.43. The van der Waals surface area contributed by atoms with E-state index >= 15 is 0 Å². The van der Waals surface area contributed by atoms with Crippen LogP contribution >= 0.6 is 23.2 Å². The molecule has 1 aliphatic heterocycles. The summed E-state index contributed by atoms with van der Waals surface area (Å²) in [6, 6.07) is 0. The van der Waals surface area contributed by atoms with Crippen LogP contribution in [0.15, 0.2) is 10.6 Å². The Morgan fingerprint density at radius 1 is 1.82 bits per heavy atom. The van der Waals surface area contributed by atoms with Crippen molar-refractivity contribution in [1.82, 2.24) is 0 Å². The molecule has 0 bridgehead atoms. The van der Waals surface area contributed by atoms with Gasteiger partial charge in [-0.2, -0.15) is 0 Å². The molecule has 0 aromatic carbocycles. The number of rotatable bonds is 1. The van der Waals surface area contributed by atoms with E-state index in [-0.39, 0.29) is 11.9 Å². The molecule has 1 rings (SSSR count). The molecule has 1 atom stereocenters. The minimum atomic E-state index is -0.330. The molecule has 1 saturated heterocycles. The third-order valence-corrected chi connectivity index (χ3v) is 2.18. The molecule has 0 aromatic heterocycles. The Hall–Kier alpha value is -0.210. The van der Waals surface area contributed by atoms with Crippen LogP contribution in [0.25, 0.3) is 0 Å². The van der Waals surface area contributed by atoms with Gasteiger partial charge in [-0.1, -0.05) is 11.6 Å². The van der Waals surface area contributed by atoms with Crippen molar-refractivity contribution in [3.05, 3.63) is 10.6 Å². The number of hydrogen-bond donors (Lipinski definition) is 0. The molecule has 2 nitrogen and oxygen atoms in total. The second kappa shape index (κ2) is 3.46. The molecular formula is C7H8Cl2O2. The first-order valence-corrected chi connectivity index (χ1v) is 4.17. The van der Waals surface area contributed by atoms with E-state index in [0.717, 1.165) is 0 Å². The highest BCUT2D eigenvalue weighted by atomic mass is 35.5. The van der Waals surface area contributed by atoms with Crippen LogP contribution in [-0.4, -0.2) is 18.5 Å². The molecule has 0 N–H and O–H groups in total. The Labute approximate surface area is 75.1 Å². The number of cyclic esters (lactones) is 1. The van der Waals surface area contributed by atoms with Gasteiger partial charge in [-0.15, -0.1) is 11.6 Å². The first-order chi connectivity index (χ1) is 5.16. The number of carbonyl (C=O) groups is 1. The second-order valence-electron chi connectivity index (χ2n) is 2.40. The second-order valence-corrected chi connectivity index (χ2v) is 3.27. The van der Waals surface area contributed by atoms with Gasteiger partial charge in [0, 0.05) is 16.8 Å². The van der Waals surface area contributed by atoms with Crippen molar-refractivity contribution in [2.45, 2.75) is 6.92 Å². The highest BCUT2D eigenvalue weighted by Crippen LogP contribution is 2.26. The minimum absolute atomic E-state index is 0.0262. The average molecular weight is 195 g/mol. The third-order valence-electron chi connectivity index (χ3n) is 1.60. The summed E-state index contributed by atoms with van der Waals surface area (Å²) in [6.45, 7) is 2.03. The fourth-order valence-corrected chi connectivity index (χ4v) is 1.52. The number of esters is 1. The Balaban J connectivity index is 2.89. The van der Waals surface area contributed by atoms with Crippen LogP contribution in [0.5, 0.6) is 0 Å². The monoisotopic (exact) mass is 194 g/mol. The van der Waals surface area contributed by atoms with Crippen molar-refractivity contribution in [2.24, 2.45) is 5.92 Å². The average Bonchev–Trinajstić information content (AvgIpc) is 2.30. The lowest BCUT2D eigenvalue weighted by Gasteiger charge is -2.01. The molecule has 1 unspecified atom stereocenters. The van der Waals surface area contributed by atoms with Crippen LogP contribution in [-0.2, 0) is 9.53 Å². The highest BCUT2D eigenvalue weighted by molar-refractivity contribution is 6.31. The van der Waals surface area contributed by atoms with E-state index in [4.69, 9.17) is 27.9 Å². The smallest absolute Gasteiger partial charge is 0.335 e. The van der Waals surface area contributed by atoms with Gasteiger partial charge in [0.25, 0.3) is 0 Å². The van der Waals surface area contributed by atoms with Gasteiger partial charge >= 0.3 is 5.97 Å². The number of alkyl halides is 1. The van der Waals surface area contributed by atoms with Crippen LogP contribution < -0.4 is 0 Å². The molecule has 62 valence electrons. The van der Waals surface area contributed by atoms with E-state index in [1.165, 1.54) is 0 Å². The molecule has 1 heterocycles. The lowest BCUT2D eigenvalue weighted by molar-refractivity contribution is -0.135. The molecule has 0 amide bonds. The van der Waals surface area contributed by atoms with Crippen LogP contribution in [0.1, 0.15) is 6.92 Å². The van der Waals surface area contributed by atoms with Gasteiger partial charge in [0.2, 0.25) is 0 Å². The molecule has 0 saturated carbocycles. The number of hydrogen-bond acceptors (Lipinski definition) is 2. The zero-order valence-corrected chi connectivity index (χ0v) is 7.58. The Morgan fingerprint density at radius 3 is 2.82 bits per heavy atom. The predicted molar refractivity (Wildman–Crippen MR) is 43.7 cm³/mol. The quantitative estimate of drug-likeness (QED) is 0.363. The zero-order valence-electron chi connectivity index (χ0n) is 6.06. The van der Waals surface area contributed by atoms with E-state index in [2.05, 4.69) is 0 Å². The van der Waals surface area contributed by atoms with Crippen molar-refractivity contribution < 1.29 is 9.53 Å². The normalized spacial score (nSPS) is 28.6. The first-order valence-electron chi connectivity index (χ1n) is 3.26. The number of carbonyl (C=O) groups excluding carboxylic acids is 1. The molecule has 1 fully saturated rings. The molecule has 0 spiro atoms. The molecule has 0 aliphatic carbocycles. The molecule has 4 heteroatoms. The molecular weight excluding hydrogens is 187 g/mol. The molecule has 0 radical (unpaired) electrons. The maximum Gasteiger partial charge on any atom is 0.335 e. The fourth-order valence-electron chi connectivity index (χ4n) is 1.05. The minimum Gasteiger partial charge on any atom is -0.462 e. The molecule has 1 aliphatic rings. The fraction of sp³-hybridized carbons (Fsp3) is 0.571. The maximum atomic E-state index is 11.0. The number of halogens is 2. The standard InChI is InChI=1S/C7H8Cl2O2/c1-4(9)6-5(2-8)3-11-7(6)10/h5H,2-3H2,1H3/b6-4+. The lowest BCUT2D eigenvalue weighted by atomic mass is 10.1. The Morgan fingerprint density at radius 2 is 2.45 bits per heavy atom. The van der Waals surface area contributed by atoms with Gasteiger partial charge in [0.15, 0.2) is 0 Å². The number of allylic oxidation sites excluding steroid dienone is 1. The van der Waals surface area contributed by atoms with Gasteiger partial charge in [-0.25, -0.2) is 4.79 Å². The summed E-state index contributed by atoms with van der Waals surface area (Å²) in [5.41, 5.74) is 0.529. The van der Waals surface area contributed by atoms with Crippen molar-refractivity contribution in [3.8, 4) is 0 Å². The van der Waals surface area contributed by atoms with Crippen LogP contribution in [0.3, 0.4) is 0 Å². The summed E-state index contributed by atoms with van der Waals surface area (Å²) >= 11 is 11.3. The maximum absolute atomic E-state index is 11.0. The summed E-state index contributed by atoms with van der Waals surface area (Å²) in [4.78, 5) is 11.0. The number of ether oxygens (including phenoxy) is 1. The van der Waals surface area contributed by atoms with E-state index in [1.807, 2.05) is 0 Å². The van der Waals surface area contributed by atoms with Gasteiger partial charge in [-0.3, -0.25) is 0 Å². The SMILES string of the molecule is C/C(Cl)=C1\C(=O)OCC1CCl. The highest BCUT2D eigenvalue weighted by Gasteiger charge is 2.31. The molecule has 11 heavy (non-hydrogen) atoms. The van der Waals surface area contributed by atoms with Crippen molar-refractivity contribution in [3.63, 3.8) is 0 Å². The van der Waals surface area contributed by atoms with E-state index < -0.39 is 0 Å². The van der Waals surface area contributed by atoms with E-state index in [9.17, 15) is 4.79 Å². The summed E-state index contributed by atoms with van der Waals surface area (Å²) < 4.78 is 4.76. The first kappa shape index (κ1) is 8.88. The summed E-state index contributed by atoms with van der Waals surface area (Å²) in [5.74, 6) is 0.0234. The predicted octanol–water partition coefficient (Wildman–Crippen LogP) is 1.91. The van der Waals surface area contributed by atoms with E-state index in [0.29, 0.717) is 23.1 Å². The third kappa shape index (κ3) is 1.68. The van der Waals surface area contributed by atoms with Crippen LogP contribution in [0.4, 0.5) is 0 Å². The largest absolute Gasteiger partial charge is 0.462 e. The summed E-state index contributed by atoms with van der Waals surface area (Å²) in [5, 5.41) is 0.484. The summed E-state index contributed by atoms with van der Waals surface area (Å²) in [6.07, 6.45) is 0. The van der Waals surface area contributed by atoms with Crippen LogP contribution in [0.2, 0.25) is 0 Å². The van der Waals surface area contributed by atoms with Gasteiger partial charge < -0.3 is 4.74 Å². The van der Waals surface area contributed by atoms with Crippen LogP contribution in [0, 0.1) is 5.92 Å². The summed E-state index contributed by atoms with van der Waals surface area (Å²) in [7, 11) is 0. The van der Waals surface area contributed by atoms with Gasteiger partial charge in [0.05, 0.1) is 12.2 Å². The Kier molecular flexibility index (Phi) is 2.79. The van der Waals surface area contributed by atoms with Crippen molar-refractivity contribution >= 4 is 29.2 Å². The van der Waals surface area contributed by atoms with Crippen molar-refractivity contribution in [2.75, 3.05) is 12.5 Å².